The van der Waals surface area contributed by atoms with Crippen LogP contribution < -0.4 is 16.2 Å². The van der Waals surface area contributed by atoms with E-state index in [4.69, 9.17) is 0 Å². The lowest BCUT2D eigenvalue weighted by Crippen LogP contribution is -2.27. The molecule has 1 aromatic carbocycles. The normalized spacial score (nSPS) is 10.6. The van der Waals surface area contributed by atoms with Crippen LogP contribution in [-0.2, 0) is 13.0 Å². The van der Waals surface area contributed by atoms with Gasteiger partial charge in [-0.3, -0.25) is 9.59 Å². The lowest BCUT2D eigenvalue weighted by atomic mass is 10.1. The Hall–Kier alpha value is -2.93. The molecule has 7 heteroatoms. The van der Waals surface area contributed by atoms with E-state index in [1.54, 1.807) is 24.3 Å². The zero-order valence-corrected chi connectivity index (χ0v) is 16.2. The van der Waals surface area contributed by atoms with Crippen molar-refractivity contribution < 1.29 is 4.79 Å². The molecule has 2 aromatic heterocycles. The maximum atomic E-state index is 12.6. The molecule has 0 bridgehead atoms. The molecule has 3 N–H and O–H groups in total. The van der Waals surface area contributed by atoms with E-state index in [1.165, 1.54) is 16.5 Å². The first-order valence-electron chi connectivity index (χ1n) is 8.74. The van der Waals surface area contributed by atoms with Gasteiger partial charge in [0.1, 0.15) is 5.82 Å². The van der Waals surface area contributed by atoms with Crippen molar-refractivity contribution in [3.63, 3.8) is 0 Å². The molecule has 0 unspecified atom stereocenters. The Labute approximate surface area is 161 Å². The molecule has 0 atom stereocenters. The number of H-pyrrole nitrogens is 1. The maximum absolute atomic E-state index is 12.6. The van der Waals surface area contributed by atoms with Gasteiger partial charge in [-0.1, -0.05) is 12.1 Å². The molecule has 1 amide bonds. The van der Waals surface area contributed by atoms with Gasteiger partial charge in [0.25, 0.3) is 11.5 Å². The third kappa shape index (κ3) is 5.04. The summed E-state index contributed by atoms with van der Waals surface area (Å²) in [4.78, 5) is 32.2. The van der Waals surface area contributed by atoms with Gasteiger partial charge < -0.3 is 15.6 Å². The maximum Gasteiger partial charge on any atom is 0.253 e. The second-order valence-electron chi connectivity index (χ2n) is 6.25. The highest BCUT2D eigenvalue weighted by Crippen LogP contribution is 2.20. The number of thiophene rings is 1. The zero-order valence-electron chi connectivity index (χ0n) is 15.3. The molecule has 6 nitrogen and oxygen atoms in total. The summed E-state index contributed by atoms with van der Waals surface area (Å²) in [5.41, 5.74) is 3.13. The number of aryl methyl sites for hydroxylation is 2. The fraction of sp³-hybridized carbons (Fsp3) is 0.250. The monoisotopic (exact) mass is 382 g/mol. The lowest BCUT2D eigenvalue weighted by Gasteiger charge is -2.12. The third-order valence-corrected chi connectivity index (χ3v) is 5.18. The van der Waals surface area contributed by atoms with Gasteiger partial charge in [-0.2, -0.15) is 0 Å². The fourth-order valence-corrected chi connectivity index (χ4v) is 3.61. The first kappa shape index (κ1) is 18.8. The molecule has 0 saturated heterocycles. The first-order valence-corrected chi connectivity index (χ1v) is 9.62. The highest BCUT2D eigenvalue weighted by atomic mass is 32.1. The summed E-state index contributed by atoms with van der Waals surface area (Å²) in [6.45, 7) is 4.91. The second-order valence-corrected chi connectivity index (χ2v) is 7.25. The minimum absolute atomic E-state index is 0.150. The van der Waals surface area contributed by atoms with Gasteiger partial charge in [-0.25, -0.2) is 4.98 Å². The minimum Gasteiger partial charge on any atom is -0.379 e. The van der Waals surface area contributed by atoms with Gasteiger partial charge in [0, 0.05) is 41.8 Å². The molecule has 140 valence electrons. The summed E-state index contributed by atoms with van der Waals surface area (Å²) in [5.74, 6) is 0.421. The molecule has 0 fully saturated rings. The molecule has 0 aliphatic heterocycles. The molecule has 0 spiro atoms. The highest BCUT2D eigenvalue weighted by Gasteiger charge is 2.11. The van der Waals surface area contributed by atoms with E-state index in [9.17, 15) is 9.59 Å². The van der Waals surface area contributed by atoms with Crippen molar-refractivity contribution in [1.29, 1.82) is 0 Å². The van der Waals surface area contributed by atoms with E-state index >= 15 is 0 Å². The van der Waals surface area contributed by atoms with Crippen LogP contribution in [-0.4, -0.2) is 22.4 Å². The van der Waals surface area contributed by atoms with Gasteiger partial charge in [0.2, 0.25) is 0 Å². The SMILES string of the molecule is Cc1nc(CCNC(=O)c2ccccc2NCc2sccc2C)cc(=O)[nH]1. The van der Waals surface area contributed by atoms with Crippen LogP contribution in [0.4, 0.5) is 5.69 Å². The number of rotatable bonds is 7. The van der Waals surface area contributed by atoms with Crippen molar-refractivity contribution in [1.82, 2.24) is 15.3 Å². The zero-order chi connectivity index (χ0) is 19.2. The van der Waals surface area contributed by atoms with Crippen LogP contribution in [0.3, 0.4) is 0 Å². The lowest BCUT2D eigenvalue weighted by molar-refractivity contribution is 0.0955. The predicted molar refractivity (Wildman–Crippen MR) is 108 cm³/mol. The number of carbonyl (C=O) groups excluding carboxylic acids is 1. The number of aromatic amines is 1. The minimum atomic E-state index is -0.178. The van der Waals surface area contributed by atoms with Crippen molar-refractivity contribution in [3.8, 4) is 0 Å². The first-order chi connectivity index (χ1) is 13.0. The summed E-state index contributed by atoms with van der Waals surface area (Å²) in [5, 5.41) is 8.32. The summed E-state index contributed by atoms with van der Waals surface area (Å²) in [6, 6.07) is 11.0. The Morgan fingerprint density at radius 2 is 2.04 bits per heavy atom. The predicted octanol–water partition coefficient (Wildman–Crippen LogP) is 3.03. The smallest absolute Gasteiger partial charge is 0.253 e. The van der Waals surface area contributed by atoms with Crippen molar-refractivity contribution in [2.24, 2.45) is 0 Å². The Morgan fingerprint density at radius 3 is 2.78 bits per heavy atom. The molecule has 0 aliphatic rings. The van der Waals surface area contributed by atoms with Crippen LogP contribution in [0.15, 0.2) is 46.6 Å². The van der Waals surface area contributed by atoms with Gasteiger partial charge in [0.15, 0.2) is 0 Å². The number of aromatic nitrogens is 2. The van der Waals surface area contributed by atoms with Crippen LogP contribution >= 0.6 is 11.3 Å². The molecule has 3 rings (SSSR count). The summed E-state index contributed by atoms with van der Waals surface area (Å²) < 4.78 is 0. The van der Waals surface area contributed by atoms with Crippen LogP contribution in [0.25, 0.3) is 0 Å². The molecule has 2 heterocycles. The van der Waals surface area contributed by atoms with Gasteiger partial charge in [0.05, 0.1) is 5.56 Å². The molecule has 27 heavy (non-hydrogen) atoms. The number of anilines is 1. The number of carbonyl (C=O) groups is 1. The third-order valence-electron chi connectivity index (χ3n) is 4.16. The molecule has 0 saturated carbocycles. The van der Waals surface area contributed by atoms with Crippen molar-refractivity contribution >= 4 is 22.9 Å². The molecule has 3 aromatic rings. The number of hydrogen-bond donors (Lipinski definition) is 3. The number of nitrogens with one attached hydrogen (secondary N) is 3. The van der Waals surface area contributed by atoms with Gasteiger partial charge in [-0.05, 0) is 43.0 Å². The van der Waals surface area contributed by atoms with E-state index < -0.39 is 0 Å². The Kier molecular flexibility index (Phi) is 6.03. The van der Waals surface area contributed by atoms with Crippen LogP contribution in [0.2, 0.25) is 0 Å². The number of para-hydroxylation sites is 1. The average molecular weight is 382 g/mol. The molecular weight excluding hydrogens is 360 g/mol. The number of hydrogen-bond acceptors (Lipinski definition) is 5. The topological polar surface area (TPSA) is 86.9 Å². The van der Waals surface area contributed by atoms with Crippen LogP contribution in [0, 0.1) is 13.8 Å². The average Bonchev–Trinajstić information content (AvgIpc) is 3.04. The van der Waals surface area contributed by atoms with Crippen molar-refractivity contribution in [2.75, 3.05) is 11.9 Å². The highest BCUT2D eigenvalue weighted by molar-refractivity contribution is 7.10. The Morgan fingerprint density at radius 1 is 1.22 bits per heavy atom. The van der Waals surface area contributed by atoms with E-state index in [2.05, 4.69) is 39.0 Å². The van der Waals surface area contributed by atoms with Gasteiger partial charge >= 0.3 is 0 Å². The van der Waals surface area contributed by atoms with E-state index in [-0.39, 0.29) is 11.5 Å². The standard InChI is InChI=1S/C20H22N4O2S/c1-13-8-10-27-18(13)12-22-17-6-4-3-5-16(17)20(26)21-9-7-15-11-19(25)24-14(2)23-15/h3-6,8,10-11,22H,7,9,12H2,1-2H3,(H,21,26)(H,23,24,25). The molecule has 0 aliphatic carbocycles. The largest absolute Gasteiger partial charge is 0.379 e. The van der Waals surface area contributed by atoms with Crippen molar-refractivity contribution in [3.05, 3.63) is 79.7 Å². The van der Waals surface area contributed by atoms with Crippen LogP contribution in [0.5, 0.6) is 0 Å². The van der Waals surface area contributed by atoms with Crippen molar-refractivity contribution in [2.45, 2.75) is 26.8 Å². The Balaban J connectivity index is 1.61. The van der Waals surface area contributed by atoms with E-state index in [1.807, 2.05) is 18.2 Å². The van der Waals surface area contributed by atoms with E-state index in [0.717, 1.165) is 5.69 Å². The fourth-order valence-electron chi connectivity index (χ4n) is 2.76. The molecular formula is C20H22N4O2S. The summed E-state index contributed by atoms with van der Waals surface area (Å²) in [6.07, 6.45) is 0.500. The summed E-state index contributed by atoms with van der Waals surface area (Å²) in [7, 11) is 0. The van der Waals surface area contributed by atoms with E-state index in [0.29, 0.717) is 36.6 Å². The summed E-state index contributed by atoms with van der Waals surface area (Å²) >= 11 is 1.70. The van der Waals surface area contributed by atoms with Gasteiger partial charge in [-0.15, -0.1) is 11.3 Å². The number of benzene rings is 1. The number of amides is 1. The van der Waals surface area contributed by atoms with Crippen LogP contribution in [0.1, 0.15) is 32.3 Å². The second kappa shape index (κ2) is 8.64. The molecule has 0 radical (unpaired) electrons. The number of nitrogens with zero attached hydrogens (tertiary/aromatic N) is 1. The Bertz CT molecular complexity index is 993. The quantitative estimate of drug-likeness (QED) is 0.586.